The molecule has 6 atom stereocenters. The summed E-state index contributed by atoms with van der Waals surface area (Å²) in [6.07, 6.45) is 1.25. The Hall–Kier alpha value is -5.01. The first-order valence-electron chi connectivity index (χ1n) is 22.6. The van der Waals surface area contributed by atoms with Crippen LogP contribution in [0.1, 0.15) is 83.2 Å². The van der Waals surface area contributed by atoms with Gasteiger partial charge in [-0.15, -0.1) is 11.3 Å². The Kier molecular flexibility index (Phi) is 14.3. The first kappa shape index (κ1) is 47.9. The van der Waals surface area contributed by atoms with Crippen LogP contribution in [-0.4, -0.2) is 136 Å². The normalized spacial score (nSPS) is 23.8. The Labute approximate surface area is 384 Å². The number of halogens is 1. The lowest BCUT2D eigenvalue weighted by atomic mass is 9.84. The van der Waals surface area contributed by atoms with Gasteiger partial charge in [-0.25, -0.2) is 19.0 Å². The van der Waals surface area contributed by atoms with Gasteiger partial charge >= 0.3 is 12.0 Å². The molecule has 4 aromatic rings. The minimum Gasteiger partial charge on any atom is -0.462 e. The van der Waals surface area contributed by atoms with Crippen molar-refractivity contribution in [1.82, 2.24) is 45.4 Å². The first-order chi connectivity index (χ1) is 30.9. The Morgan fingerprint density at radius 1 is 1.18 bits per heavy atom. The number of carbonyl (C=O) groups excluding carboxylic acids is 4. The number of hydrogen-bond donors (Lipinski definition) is 4. The number of likely N-dealkylation sites (tertiary alicyclic amines) is 1. The second-order valence-corrected chi connectivity index (χ2v) is 19.7. The van der Waals surface area contributed by atoms with E-state index in [-0.39, 0.29) is 63.9 Å². The fourth-order valence-corrected chi connectivity index (χ4v) is 10.3. The third kappa shape index (κ3) is 9.78. The molecule has 1 aromatic carbocycles. The van der Waals surface area contributed by atoms with Crippen LogP contribution < -0.4 is 16.1 Å². The molecule has 0 saturated carbocycles. The van der Waals surface area contributed by atoms with Gasteiger partial charge in [0.25, 0.3) is 5.91 Å². The maximum Gasteiger partial charge on any atom is 0.355 e. The summed E-state index contributed by atoms with van der Waals surface area (Å²) in [7, 11) is 4.85. The van der Waals surface area contributed by atoms with Crippen molar-refractivity contribution in [2.45, 2.75) is 116 Å². The highest BCUT2D eigenvalue weighted by Crippen LogP contribution is 2.42. The number of likely N-dealkylation sites (N-methyl/N-ethyl adjacent to an activating group) is 2. The number of hydrazine groups is 1. The van der Waals surface area contributed by atoms with E-state index in [0.29, 0.717) is 23.7 Å². The molecule has 2 saturated heterocycles. The first-order valence-corrected chi connectivity index (χ1v) is 23.5. The maximum atomic E-state index is 14.6. The molecular weight excluding hydrogens is 854 g/mol. The van der Waals surface area contributed by atoms with Gasteiger partial charge in [-0.3, -0.25) is 19.6 Å². The van der Waals surface area contributed by atoms with Crippen LogP contribution >= 0.6 is 11.3 Å². The van der Waals surface area contributed by atoms with E-state index in [0.717, 1.165) is 39.0 Å². The molecule has 0 aliphatic carbocycles. The van der Waals surface area contributed by atoms with Gasteiger partial charge in [-0.1, -0.05) is 33.8 Å². The van der Waals surface area contributed by atoms with Gasteiger partial charge in [0.05, 0.1) is 40.8 Å². The molecule has 65 heavy (non-hydrogen) atoms. The van der Waals surface area contributed by atoms with Crippen LogP contribution in [0, 0.1) is 11.3 Å². The van der Waals surface area contributed by atoms with Crippen LogP contribution in [0.2, 0.25) is 0 Å². The molecule has 6 heterocycles. The van der Waals surface area contributed by atoms with Crippen molar-refractivity contribution < 1.29 is 38.1 Å². The van der Waals surface area contributed by atoms with E-state index in [1.54, 1.807) is 20.4 Å². The maximum absolute atomic E-state index is 14.6. The number of esters is 1. The number of amides is 4. The number of aryl methyl sites for hydroxylation is 1. The van der Waals surface area contributed by atoms with Crippen molar-refractivity contribution in [2.24, 2.45) is 11.3 Å². The smallest absolute Gasteiger partial charge is 0.355 e. The summed E-state index contributed by atoms with van der Waals surface area (Å²) in [5, 5.41) is 22.4. The van der Waals surface area contributed by atoms with E-state index in [4.69, 9.17) is 19.4 Å². The Bertz CT molecular complexity index is 2410. The Morgan fingerprint density at radius 2 is 1.95 bits per heavy atom. The average molecular weight is 918 g/mol. The minimum atomic E-state index is -2.23. The lowest BCUT2D eigenvalue weighted by molar-refractivity contribution is -0.189. The molecule has 0 spiro atoms. The number of rotatable bonds is 9. The SMILES string of the molecule is CCn1c(-c2cccnc2[C@H](C)OC)c2c3cc(ccc31)-c1csc(n1)C[C@H](NC(=O)[C@H](C(C)C)N(C)C(=O)N1CC[C@@H](F)[C@H](NC)C1)C(=O)N1CCC[C@@](O)(N1)C(=O)OCC(C)(C)C2. The number of ether oxygens (including phenoxy) is 2. The zero-order valence-corrected chi connectivity index (χ0v) is 39.8. The molecular formula is C47H64FN9O7S. The summed E-state index contributed by atoms with van der Waals surface area (Å²) in [6, 6.07) is 7.04. The molecule has 16 nitrogen and oxygen atoms in total. The zero-order valence-electron chi connectivity index (χ0n) is 38.9. The van der Waals surface area contributed by atoms with Gasteiger partial charge in [0, 0.05) is 92.2 Å². The highest BCUT2D eigenvalue weighted by Gasteiger charge is 2.46. The summed E-state index contributed by atoms with van der Waals surface area (Å²) in [5.41, 5.74) is 6.19. The van der Waals surface area contributed by atoms with Crippen molar-refractivity contribution >= 4 is 46.1 Å². The predicted molar refractivity (Wildman–Crippen MR) is 246 cm³/mol. The number of carbonyl (C=O) groups is 4. The van der Waals surface area contributed by atoms with Crippen LogP contribution in [0.15, 0.2) is 41.9 Å². The number of aromatic nitrogens is 3. The van der Waals surface area contributed by atoms with Crippen molar-refractivity contribution in [2.75, 3.05) is 47.4 Å². The fourth-order valence-electron chi connectivity index (χ4n) is 9.50. The monoisotopic (exact) mass is 917 g/mol. The molecule has 4 amide bonds. The summed E-state index contributed by atoms with van der Waals surface area (Å²) < 4.78 is 28.6. The zero-order chi connectivity index (χ0) is 47.0. The molecule has 3 aliphatic rings. The molecule has 2 fully saturated rings. The summed E-state index contributed by atoms with van der Waals surface area (Å²) in [4.78, 5) is 69.5. The highest BCUT2D eigenvalue weighted by molar-refractivity contribution is 7.10. The number of alkyl halides is 1. The molecule has 352 valence electrons. The van der Waals surface area contributed by atoms with E-state index in [9.17, 15) is 28.7 Å². The predicted octanol–water partition coefficient (Wildman–Crippen LogP) is 5.23. The van der Waals surface area contributed by atoms with Gasteiger partial charge in [0.1, 0.15) is 18.3 Å². The molecule has 0 unspecified atom stereocenters. The summed E-state index contributed by atoms with van der Waals surface area (Å²) >= 11 is 1.35. The van der Waals surface area contributed by atoms with Gasteiger partial charge in [-0.05, 0) is 75.9 Å². The van der Waals surface area contributed by atoms with Crippen LogP contribution in [0.3, 0.4) is 0 Å². The standard InChI is InChI=1S/C47H64FN9O7S/c1-10-56-37-15-14-29-21-31(37)32(41(56)30-13-11-18-50-39(30)28(4)63-9)23-46(5,6)26-64-44(60)47(62)17-12-19-57(53-47)43(59)34(22-38-51-36(29)25-65-38)52-42(58)40(27(2)3)54(8)45(61)55-20-16-33(48)35(24-55)49-7/h11,13-15,18,21,25,27-28,33-35,40,49,53,62H,10,12,16-17,19-20,22-24,26H2,1-9H3,(H,52,58)/t28-,33+,34-,35+,40-,47-/m0/s1. The Morgan fingerprint density at radius 3 is 2.66 bits per heavy atom. The second kappa shape index (κ2) is 19.5. The number of aliphatic hydroxyl groups is 1. The van der Waals surface area contributed by atoms with E-state index in [2.05, 4.69) is 45.7 Å². The van der Waals surface area contributed by atoms with Gasteiger partial charge in [0.2, 0.25) is 11.6 Å². The van der Waals surface area contributed by atoms with Crippen LogP contribution in [0.5, 0.6) is 0 Å². The number of pyridine rings is 1. The third-order valence-corrected chi connectivity index (χ3v) is 13.9. The minimum absolute atomic E-state index is 0.0162. The average Bonchev–Trinajstić information content (AvgIpc) is 3.88. The topological polar surface area (TPSA) is 183 Å². The number of thiazole rings is 1. The molecule has 3 aliphatic heterocycles. The Balaban J connectivity index is 1.29. The quantitative estimate of drug-likeness (QED) is 0.161. The van der Waals surface area contributed by atoms with Crippen molar-refractivity contribution in [3.05, 3.63) is 58.2 Å². The molecule has 18 heteroatoms. The molecule has 3 aromatic heterocycles. The van der Waals surface area contributed by atoms with E-state index in [1.807, 2.05) is 52.1 Å². The fraction of sp³-hybridized carbons (Fsp3) is 0.574. The lowest BCUT2D eigenvalue weighted by Gasteiger charge is -2.41. The van der Waals surface area contributed by atoms with Crippen LogP contribution in [-0.2, 0) is 43.2 Å². The van der Waals surface area contributed by atoms with E-state index in [1.165, 1.54) is 33.2 Å². The van der Waals surface area contributed by atoms with Crippen molar-refractivity contribution in [3.8, 4) is 22.5 Å². The number of benzene rings is 1. The number of nitrogens with zero attached hydrogens (tertiary/aromatic N) is 6. The number of methoxy groups -OCH3 is 1. The second-order valence-electron chi connectivity index (χ2n) is 18.7. The highest BCUT2D eigenvalue weighted by atomic mass is 32.1. The molecule has 6 bridgehead atoms. The van der Waals surface area contributed by atoms with Gasteiger partial charge in [-0.2, -0.15) is 5.43 Å². The summed E-state index contributed by atoms with van der Waals surface area (Å²) in [5.74, 6) is -2.47. The number of piperidine rings is 1. The number of hydrogen-bond acceptors (Lipinski definition) is 12. The lowest BCUT2D eigenvalue weighted by Crippen LogP contribution is -2.67. The largest absolute Gasteiger partial charge is 0.462 e. The van der Waals surface area contributed by atoms with Crippen LogP contribution in [0.4, 0.5) is 9.18 Å². The van der Waals surface area contributed by atoms with Crippen LogP contribution in [0.25, 0.3) is 33.4 Å². The van der Waals surface area contributed by atoms with E-state index < -0.39 is 59.3 Å². The summed E-state index contributed by atoms with van der Waals surface area (Å²) in [6.45, 7) is 12.8. The number of cyclic esters (lactones) is 1. The molecule has 4 N–H and O–H groups in total. The molecule has 0 radical (unpaired) electrons. The van der Waals surface area contributed by atoms with Gasteiger partial charge in [0.15, 0.2) is 0 Å². The third-order valence-electron chi connectivity index (χ3n) is 13.0. The van der Waals surface area contributed by atoms with Gasteiger partial charge < -0.3 is 39.6 Å². The van der Waals surface area contributed by atoms with Crippen molar-refractivity contribution in [1.29, 1.82) is 0 Å². The number of fused-ring (bicyclic) bond motifs is 6. The van der Waals surface area contributed by atoms with E-state index >= 15 is 0 Å². The molecule has 7 rings (SSSR count). The number of nitrogens with one attached hydrogen (secondary N) is 3. The van der Waals surface area contributed by atoms with Crippen molar-refractivity contribution in [3.63, 3.8) is 0 Å². The number of urea groups is 1.